The number of benzene rings is 1. The molecule has 1 N–H and O–H groups in total. The van der Waals surface area contributed by atoms with E-state index in [2.05, 4.69) is 4.90 Å². The van der Waals surface area contributed by atoms with E-state index in [0.717, 1.165) is 24.5 Å². The monoisotopic (exact) mass is 294 g/mol. The van der Waals surface area contributed by atoms with Crippen LogP contribution in [0, 0.1) is 0 Å². The van der Waals surface area contributed by atoms with Crippen molar-refractivity contribution in [3.63, 3.8) is 0 Å². The van der Waals surface area contributed by atoms with Crippen LogP contribution in [0.1, 0.15) is 0 Å². The number of piperazine rings is 1. The van der Waals surface area contributed by atoms with Crippen molar-refractivity contribution in [3.05, 3.63) is 24.3 Å². The van der Waals surface area contributed by atoms with Gasteiger partial charge in [-0.15, -0.1) is 0 Å². The van der Waals surface area contributed by atoms with Crippen LogP contribution in [-0.2, 0) is 9.53 Å². The van der Waals surface area contributed by atoms with E-state index < -0.39 is 12.0 Å². The number of hydrogen-bond donors (Lipinski definition) is 1. The van der Waals surface area contributed by atoms with Crippen molar-refractivity contribution in [1.82, 2.24) is 4.90 Å². The van der Waals surface area contributed by atoms with Gasteiger partial charge in [0.2, 0.25) is 0 Å². The molecule has 1 aliphatic rings. The van der Waals surface area contributed by atoms with Gasteiger partial charge in [-0.25, -0.2) is 0 Å². The molecule has 1 aromatic rings. The van der Waals surface area contributed by atoms with Crippen molar-refractivity contribution in [3.8, 4) is 5.75 Å². The molecule has 0 spiro atoms. The molecule has 6 heteroatoms. The van der Waals surface area contributed by atoms with Crippen LogP contribution >= 0.6 is 0 Å². The zero-order chi connectivity index (χ0) is 15.2. The number of ether oxygens (including phenoxy) is 2. The summed E-state index contributed by atoms with van der Waals surface area (Å²) >= 11 is 0. The van der Waals surface area contributed by atoms with Crippen molar-refractivity contribution in [2.24, 2.45) is 0 Å². The minimum atomic E-state index is -0.824. The van der Waals surface area contributed by atoms with E-state index in [9.17, 15) is 9.90 Å². The molecule has 6 nitrogen and oxygen atoms in total. The number of nitrogens with zero attached hydrogens (tertiary/aromatic N) is 2. The number of methoxy groups -OCH3 is 2. The fourth-order valence-electron chi connectivity index (χ4n) is 2.58. The van der Waals surface area contributed by atoms with Gasteiger partial charge in [-0.1, -0.05) is 0 Å². The summed E-state index contributed by atoms with van der Waals surface area (Å²) in [5.41, 5.74) is 1.13. The number of anilines is 1. The predicted molar refractivity (Wildman–Crippen MR) is 80.1 cm³/mol. The number of hydrogen-bond acceptors (Lipinski definition) is 5. The molecule has 0 bridgehead atoms. The molecule has 0 aliphatic carbocycles. The molecule has 1 atom stereocenters. The lowest BCUT2D eigenvalue weighted by molar-refractivity contribution is -0.145. The van der Waals surface area contributed by atoms with E-state index in [-0.39, 0.29) is 6.61 Å². The number of aliphatic carboxylic acids is 1. The molecule has 1 saturated heterocycles. The highest BCUT2D eigenvalue weighted by atomic mass is 16.5. The lowest BCUT2D eigenvalue weighted by atomic mass is 10.2. The molecule has 1 aromatic carbocycles. The molecule has 0 radical (unpaired) electrons. The van der Waals surface area contributed by atoms with Crippen molar-refractivity contribution in [2.45, 2.75) is 6.04 Å². The van der Waals surface area contributed by atoms with Crippen LogP contribution < -0.4 is 9.64 Å². The lowest BCUT2D eigenvalue weighted by Gasteiger charge is -2.38. The first-order valence-corrected chi connectivity index (χ1v) is 7.00. The summed E-state index contributed by atoms with van der Waals surface area (Å²) in [5.74, 6) is 0.0122. The highest BCUT2D eigenvalue weighted by molar-refractivity contribution is 5.73. The average Bonchev–Trinajstić information content (AvgIpc) is 2.53. The summed E-state index contributed by atoms with van der Waals surface area (Å²) in [6, 6.07) is 7.36. The fourth-order valence-corrected chi connectivity index (χ4v) is 2.58. The second-order valence-electron chi connectivity index (χ2n) is 5.03. The molecule has 2 rings (SSSR count). The Balaban J connectivity index is 1.94. The third-order valence-electron chi connectivity index (χ3n) is 3.80. The third-order valence-corrected chi connectivity index (χ3v) is 3.80. The average molecular weight is 294 g/mol. The summed E-state index contributed by atoms with van der Waals surface area (Å²) < 4.78 is 10.2. The maximum Gasteiger partial charge on any atom is 0.323 e. The quantitative estimate of drug-likeness (QED) is 0.842. The maximum atomic E-state index is 11.3. The van der Waals surface area contributed by atoms with Gasteiger partial charge in [0.05, 0.1) is 13.7 Å². The Labute approximate surface area is 124 Å². The molecule has 0 saturated carbocycles. The molecule has 1 heterocycles. The SMILES string of the molecule is COCC(C(=O)O)N1CCN(c2ccc(OC)cc2)CC1. The highest BCUT2D eigenvalue weighted by Gasteiger charge is 2.28. The van der Waals surface area contributed by atoms with Gasteiger partial charge in [-0.05, 0) is 24.3 Å². The van der Waals surface area contributed by atoms with E-state index in [1.165, 1.54) is 7.11 Å². The molecule has 116 valence electrons. The van der Waals surface area contributed by atoms with E-state index in [1.54, 1.807) is 7.11 Å². The van der Waals surface area contributed by atoms with Gasteiger partial charge in [-0.3, -0.25) is 9.69 Å². The second-order valence-corrected chi connectivity index (χ2v) is 5.03. The Morgan fingerprint density at radius 2 is 1.81 bits per heavy atom. The Bertz CT molecular complexity index is 455. The highest BCUT2D eigenvalue weighted by Crippen LogP contribution is 2.21. The minimum absolute atomic E-state index is 0.220. The molecule has 21 heavy (non-hydrogen) atoms. The molecule has 0 aromatic heterocycles. The minimum Gasteiger partial charge on any atom is -0.497 e. The first-order valence-electron chi connectivity index (χ1n) is 7.00. The lowest BCUT2D eigenvalue weighted by Crippen LogP contribution is -2.54. The van der Waals surface area contributed by atoms with E-state index >= 15 is 0 Å². The number of carboxylic acid groups (broad SMARTS) is 1. The van der Waals surface area contributed by atoms with Crippen molar-refractivity contribution < 1.29 is 19.4 Å². The van der Waals surface area contributed by atoms with Crippen LogP contribution in [0.5, 0.6) is 5.75 Å². The second kappa shape index (κ2) is 7.28. The summed E-state index contributed by atoms with van der Waals surface area (Å²) in [5, 5.41) is 9.25. The van der Waals surface area contributed by atoms with Gasteiger partial charge < -0.3 is 19.5 Å². The van der Waals surface area contributed by atoms with Crippen LogP contribution in [0.25, 0.3) is 0 Å². The predicted octanol–water partition coefficient (Wildman–Crippen LogP) is 0.917. The molecule has 0 amide bonds. The maximum absolute atomic E-state index is 11.3. The third kappa shape index (κ3) is 3.86. The Morgan fingerprint density at radius 1 is 1.19 bits per heavy atom. The molecule has 1 unspecified atom stereocenters. The van der Waals surface area contributed by atoms with Gasteiger partial charge in [0.1, 0.15) is 11.8 Å². The molecular formula is C15H22N2O4. The summed E-state index contributed by atoms with van der Waals surface area (Å²) in [4.78, 5) is 15.5. The van der Waals surface area contributed by atoms with Gasteiger partial charge in [0.15, 0.2) is 0 Å². The standard InChI is InChI=1S/C15H22N2O4/c1-20-11-14(15(18)19)17-9-7-16(8-10-17)12-3-5-13(21-2)6-4-12/h3-6,14H,7-11H2,1-2H3,(H,18,19). The Hall–Kier alpha value is -1.79. The van der Waals surface area contributed by atoms with E-state index in [0.29, 0.717) is 13.1 Å². The van der Waals surface area contributed by atoms with Crippen molar-refractivity contribution in [2.75, 3.05) is 51.9 Å². The van der Waals surface area contributed by atoms with E-state index in [1.807, 2.05) is 29.2 Å². The topological polar surface area (TPSA) is 62.2 Å². The summed E-state index contributed by atoms with van der Waals surface area (Å²) in [6.07, 6.45) is 0. The zero-order valence-corrected chi connectivity index (χ0v) is 12.5. The summed E-state index contributed by atoms with van der Waals surface area (Å²) in [6.45, 7) is 3.26. The van der Waals surface area contributed by atoms with Crippen LogP contribution in [0.15, 0.2) is 24.3 Å². The smallest absolute Gasteiger partial charge is 0.323 e. The van der Waals surface area contributed by atoms with Crippen LogP contribution in [0.4, 0.5) is 5.69 Å². The number of carbonyl (C=O) groups is 1. The van der Waals surface area contributed by atoms with Gasteiger partial charge in [-0.2, -0.15) is 0 Å². The molecule has 1 aliphatic heterocycles. The van der Waals surface area contributed by atoms with Gasteiger partial charge >= 0.3 is 5.97 Å². The first-order chi connectivity index (χ1) is 10.2. The van der Waals surface area contributed by atoms with Gasteiger partial charge in [0, 0.05) is 39.0 Å². The normalized spacial score (nSPS) is 17.5. The van der Waals surface area contributed by atoms with Crippen LogP contribution in [0.3, 0.4) is 0 Å². The molecular weight excluding hydrogens is 272 g/mol. The van der Waals surface area contributed by atoms with E-state index in [4.69, 9.17) is 9.47 Å². The Kier molecular flexibility index (Phi) is 5.41. The molecule has 1 fully saturated rings. The fraction of sp³-hybridized carbons (Fsp3) is 0.533. The Morgan fingerprint density at radius 3 is 2.29 bits per heavy atom. The summed E-state index contributed by atoms with van der Waals surface area (Å²) in [7, 11) is 3.18. The number of rotatable bonds is 6. The van der Waals surface area contributed by atoms with Crippen molar-refractivity contribution >= 4 is 11.7 Å². The van der Waals surface area contributed by atoms with Gasteiger partial charge in [0.25, 0.3) is 0 Å². The zero-order valence-electron chi connectivity index (χ0n) is 12.5. The van der Waals surface area contributed by atoms with Crippen molar-refractivity contribution in [1.29, 1.82) is 0 Å². The first kappa shape index (κ1) is 15.6. The van der Waals surface area contributed by atoms with Crippen LogP contribution in [-0.4, -0.2) is 69.0 Å². The number of carboxylic acids is 1. The largest absolute Gasteiger partial charge is 0.497 e. The van der Waals surface area contributed by atoms with Crippen LogP contribution in [0.2, 0.25) is 0 Å².